The van der Waals surface area contributed by atoms with Crippen LogP contribution in [0.25, 0.3) is 0 Å². The zero-order valence-corrected chi connectivity index (χ0v) is 10.9. The number of rotatable bonds is 4. The molecule has 1 aromatic carbocycles. The van der Waals surface area contributed by atoms with Gasteiger partial charge < -0.3 is 10.4 Å². The van der Waals surface area contributed by atoms with Crippen LogP contribution >= 0.6 is 0 Å². The van der Waals surface area contributed by atoms with E-state index in [1.165, 1.54) is 0 Å². The highest BCUT2D eigenvalue weighted by Gasteiger charge is 2.28. The van der Waals surface area contributed by atoms with Crippen LogP contribution in [0, 0.1) is 5.41 Å². The van der Waals surface area contributed by atoms with Crippen molar-refractivity contribution in [2.75, 3.05) is 0 Å². The SMILES string of the molecule is CC(C)(C)C(CC(=O)O)NC(=O)c1ccccc1. The number of hydrogen-bond donors (Lipinski definition) is 2. The quantitative estimate of drug-likeness (QED) is 0.860. The first-order valence-corrected chi connectivity index (χ1v) is 5.88. The van der Waals surface area contributed by atoms with E-state index < -0.39 is 12.0 Å². The Labute approximate surface area is 107 Å². The summed E-state index contributed by atoms with van der Waals surface area (Å²) in [6.07, 6.45) is -0.0813. The molecule has 0 heterocycles. The van der Waals surface area contributed by atoms with Gasteiger partial charge in [-0.1, -0.05) is 39.0 Å². The third-order valence-electron chi connectivity index (χ3n) is 2.77. The molecule has 1 rings (SSSR count). The molecule has 4 heteroatoms. The molecule has 0 saturated carbocycles. The molecule has 4 nitrogen and oxygen atoms in total. The van der Waals surface area contributed by atoms with Crippen LogP contribution in [0.5, 0.6) is 0 Å². The Morgan fingerprint density at radius 2 is 1.78 bits per heavy atom. The molecule has 0 aliphatic rings. The molecule has 0 fully saturated rings. The molecule has 0 spiro atoms. The molecule has 98 valence electrons. The zero-order valence-electron chi connectivity index (χ0n) is 10.9. The normalized spacial score (nSPS) is 12.8. The summed E-state index contributed by atoms with van der Waals surface area (Å²) in [7, 11) is 0. The van der Waals surface area contributed by atoms with Gasteiger partial charge in [-0.05, 0) is 17.5 Å². The first-order valence-electron chi connectivity index (χ1n) is 5.88. The van der Waals surface area contributed by atoms with Crippen molar-refractivity contribution in [3.8, 4) is 0 Å². The van der Waals surface area contributed by atoms with Crippen molar-refractivity contribution in [3.63, 3.8) is 0 Å². The van der Waals surface area contributed by atoms with Gasteiger partial charge in [0.2, 0.25) is 0 Å². The first-order chi connectivity index (χ1) is 8.30. The molecule has 0 radical (unpaired) electrons. The third-order valence-corrected chi connectivity index (χ3v) is 2.77. The lowest BCUT2D eigenvalue weighted by Crippen LogP contribution is -2.45. The predicted molar refractivity (Wildman–Crippen MR) is 69.4 cm³/mol. The fraction of sp³-hybridized carbons (Fsp3) is 0.429. The van der Waals surface area contributed by atoms with E-state index in [4.69, 9.17) is 5.11 Å². The van der Waals surface area contributed by atoms with E-state index in [1.807, 2.05) is 26.8 Å². The maximum Gasteiger partial charge on any atom is 0.305 e. The number of aliphatic carboxylic acids is 1. The molecule has 1 aromatic rings. The van der Waals surface area contributed by atoms with Crippen LogP contribution in [0.4, 0.5) is 0 Å². The molecule has 0 aliphatic heterocycles. The Hall–Kier alpha value is -1.84. The van der Waals surface area contributed by atoms with E-state index >= 15 is 0 Å². The van der Waals surface area contributed by atoms with Gasteiger partial charge in [-0.2, -0.15) is 0 Å². The van der Waals surface area contributed by atoms with Crippen LogP contribution in [-0.2, 0) is 4.79 Å². The van der Waals surface area contributed by atoms with E-state index in [0.717, 1.165) is 0 Å². The van der Waals surface area contributed by atoms with Crippen molar-refractivity contribution in [1.82, 2.24) is 5.32 Å². The summed E-state index contributed by atoms with van der Waals surface area (Å²) in [4.78, 5) is 22.8. The highest BCUT2D eigenvalue weighted by molar-refractivity contribution is 5.94. The fourth-order valence-corrected chi connectivity index (χ4v) is 1.58. The minimum atomic E-state index is -0.914. The second-order valence-corrected chi connectivity index (χ2v) is 5.36. The second-order valence-electron chi connectivity index (χ2n) is 5.36. The number of hydrogen-bond acceptors (Lipinski definition) is 2. The number of carbonyl (C=O) groups is 2. The van der Waals surface area contributed by atoms with E-state index in [9.17, 15) is 9.59 Å². The molecule has 0 bridgehead atoms. The summed E-state index contributed by atoms with van der Waals surface area (Å²) in [5.74, 6) is -1.15. The maximum absolute atomic E-state index is 12.0. The molecule has 0 aromatic heterocycles. The monoisotopic (exact) mass is 249 g/mol. The maximum atomic E-state index is 12.0. The summed E-state index contributed by atoms with van der Waals surface area (Å²) < 4.78 is 0. The third kappa shape index (κ3) is 4.20. The Kier molecular flexibility index (Phi) is 4.48. The van der Waals surface area contributed by atoms with Crippen LogP contribution < -0.4 is 5.32 Å². The minimum Gasteiger partial charge on any atom is -0.481 e. The number of benzene rings is 1. The predicted octanol–water partition coefficient (Wildman–Crippen LogP) is 2.31. The molecular weight excluding hydrogens is 230 g/mol. The number of amides is 1. The van der Waals surface area contributed by atoms with Crippen LogP contribution in [0.15, 0.2) is 30.3 Å². The van der Waals surface area contributed by atoms with Crippen LogP contribution in [0.3, 0.4) is 0 Å². The number of carboxylic acid groups (broad SMARTS) is 1. The van der Waals surface area contributed by atoms with Gasteiger partial charge in [0.1, 0.15) is 0 Å². The number of nitrogens with one attached hydrogen (secondary N) is 1. The lowest BCUT2D eigenvalue weighted by Gasteiger charge is -2.30. The standard InChI is InChI=1S/C14H19NO3/c1-14(2,3)11(9-12(16)17)15-13(18)10-7-5-4-6-8-10/h4-8,11H,9H2,1-3H3,(H,15,18)(H,16,17). The van der Waals surface area contributed by atoms with Gasteiger partial charge in [0.15, 0.2) is 0 Å². The van der Waals surface area contributed by atoms with Gasteiger partial charge in [-0.15, -0.1) is 0 Å². The Bertz CT molecular complexity index is 420. The lowest BCUT2D eigenvalue weighted by molar-refractivity contribution is -0.138. The van der Waals surface area contributed by atoms with E-state index in [1.54, 1.807) is 24.3 Å². The van der Waals surface area contributed by atoms with Gasteiger partial charge >= 0.3 is 5.97 Å². The minimum absolute atomic E-state index is 0.0813. The zero-order chi connectivity index (χ0) is 13.8. The molecule has 18 heavy (non-hydrogen) atoms. The second kappa shape index (κ2) is 5.67. The smallest absolute Gasteiger partial charge is 0.305 e. The van der Waals surface area contributed by atoms with Crippen molar-refractivity contribution < 1.29 is 14.7 Å². The summed E-state index contributed by atoms with van der Waals surface area (Å²) >= 11 is 0. The Morgan fingerprint density at radius 3 is 2.22 bits per heavy atom. The Balaban J connectivity index is 2.78. The highest BCUT2D eigenvalue weighted by atomic mass is 16.4. The fourth-order valence-electron chi connectivity index (χ4n) is 1.58. The van der Waals surface area contributed by atoms with Crippen molar-refractivity contribution in [3.05, 3.63) is 35.9 Å². The van der Waals surface area contributed by atoms with Crippen LogP contribution in [0.1, 0.15) is 37.6 Å². The Morgan fingerprint density at radius 1 is 1.22 bits per heavy atom. The lowest BCUT2D eigenvalue weighted by atomic mass is 9.84. The highest BCUT2D eigenvalue weighted by Crippen LogP contribution is 2.22. The van der Waals surface area contributed by atoms with Crippen LogP contribution in [-0.4, -0.2) is 23.0 Å². The van der Waals surface area contributed by atoms with E-state index in [-0.39, 0.29) is 17.7 Å². The molecule has 2 N–H and O–H groups in total. The molecule has 0 aliphatic carbocycles. The topological polar surface area (TPSA) is 66.4 Å². The average molecular weight is 249 g/mol. The summed E-state index contributed by atoms with van der Waals surface area (Å²) in [5.41, 5.74) is 0.236. The van der Waals surface area contributed by atoms with Crippen LogP contribution in [0.2, 0.25) is 0 Å². The van der Waals surface area contributed by atoms with Crippen molar-refractivity contribution in [2.24, 2.45) is 5.41 Å². The van der Waals surface area contributed by atoms with Gasteiger partial charge in [0.05, 0.1) is 6.42 Å². The van der Waals surface area contributed by atoms with Gasteiger partial charge in [-0.3, -0.25) is 9.59 Å². The summed E-state index contributed by atoms with van der Waals surface area (Å²) in [5, 5.41) is 11.7. The average Bonchev–Trinajstić information content (AvgIpc) is 2.27. The van der Waals surface area contributed by atoms with Crippen molar-refractivity contribution in [2.45, 2.75) is 33.2 Å². The van der Waals surface area contributed by atoms with Gasteiger partial charge in [0, 0.05) is 11.6 Å². The van der Waals surface area contributed by atoms with E-state index in [0.29, 0.717) is 5.56 Å². The molecule has 0 saturated heterocycles. The summed E-state index contributed by atoms with van der Waals surface area (Å²) in [6.45, 7) is 5.73. The largest absolute Gasteiger partial charge is 0.481 e. The number of carbonyl (C=O) groups excluding carboxylic acids is 1. The molecule has 1 atom stereocenters. The van der Waals surface area contributed by atoms with Crippen molar-refractivity contribution in [1.29, 1.82) is 0 Å². The molecule has 1 unspecified atom stereocenters. The molecular formula is C14H19NO3. The first kappa shape index (κ1) is 14.2. The van der Waals surface area contributed by atoms with Gasteiger partial charge in [-0.25, -0.2) is 0 Å². The number of carboxylic acids is 1. The van der Waals surface area contributed by atoms with Gasteiger partial charge in [0.25, 0.3) is 5.91 Å². The van der Waals surface area contributed by atoms with E-state index in [2.05, 4.69) is 5.32 Å². The van der Waals surface area contributed by atoms with Crippen molar-refractivity contribution >= 4 is 11.9 Å². The summed E-state index contributed by atoms with van der Waals surface area (Å²) in [6, 6.07) is 8.39. The molecule has 1 amide bonds.